The molecular weight excluding hydrogens is 1120 g/mol. The summed E-state index contributed by atoms with van der Waals surface area (Å²) in [6.45, 7) is 6.37. The van der Waals surface area contributed by atoms with E-state index in [1.165, 1.54) is 101 Å². The zero-order chi connectivity index (χ0) is 55.3. The Hall–Kier alpha value is -7.88. The van der Waals surface area contributed by atoms with E-state index >= 15 is 0 Å². The molecule has 3 N–H and O–H groups in total. The van der Waals surface area contributed by atoms with Crippen LogP contribution in [0.5, 0.6) is 5.75 Å². The van der Waals surface area contributed by atoms with E-state index in [-0.39, 0.29) is 80.6 Å². The van der Waals surface area contributed by atoms with Gasteiger partial charge in [0.05, 0.1) is 70.3 Å². The molecule has 9 heterocycles. The summed E-state index contributed by atoms with van der Waals surface area (Å²) in [4.78, 5) is 101. The predicted molar refractivity (Wildman–Crippen MR) is 288 cm³/mol. The van der Waals surface area contributed by atoms with Crippen molar-refractivity contribution < 1.29 is 43.4 Å². The number of aryl methyl sites for hydroxylation is 1. The van der Waals surface area contributed by atoms with Crippen molar-refractivity contribution in [2.45, 2.75) is 58.1 Å². The Balaban J connectivity index is 0.000000204. The maximum Gasteiger partial charge on any atom is 0.338 e. The summed E-state index contributed by atoms with van der Waals surface area (Å²) in [7, 11) is 1.36. The summed E-state index contributed by atoms with van der Waals surface area (Å²) in [5.41, 5.74) is -2.24. The van der Waals surface area contributed by atoms with Crippen LogP contribution in [0.2, 0.25) is 8.67 Å². The van der Waals surface area contributed by atoms with Crippen LogP contribution >= 0.6 is 69.2 Å². The number of Topliss-reactive ketones (excluding diaryl/α,β-unsaturated/α-hetero) is 1. The third kappa shape index (κ3) is 12.4. The molecule has 0 atom stereocenters. The van der Waals surface area contributed by atoms with Crippen molar-refractivity contribution >= 4 is 105 Å². The molecule has 0 spiro atoms. The second-order valence-corrected chi connectivity index (χ2v) is 22.7. The SMILES string of the molecule is COc1c(-c2c(C(=O)O)ccc(=O)n2Cc2ccno2)nn(C(=O)c2ccns2)c1NCc1ccc(Cl)s1.Cc1cc(=O)n(CC(=O)c2cnccn2)c(-c2cc(SCc3ccc(Cl)s3)n(C(=O)C(C)(C)C)n2)c1C(=O)O. The lowest BCUT2D eigenvalue weighted by Gasteiger charge is -2.18. The second-order valence-electron chi connectivity index (χ2n) is 17.3. The first kappa shape index (κ1) is 55.4. The monoisotopic (exact) mass is 1160 g/mol. The Labute approximate surface area is 461 Å². The van der Waals surface area contributed by atoms with Crippen LogP contribution in [0.3, 0.4) is 0 Å². The van der Waals surface area contributed by atoms with Gasteiger partial charge in [-0.25, -0.2) is 18.9 Å². The zero-order valence-corrected chi connectivity index (χ0v) is 45.7. The van der Waals surface area contributed by atoms with Gasteiger partial charge in [0.2, 0.25) is 5.78 Å². The highest BCUT2D eigenvalue weighted by Crippen LogP contribution is 2.40. The lowest BCUT2D eigenvalue weighted by molar-refractivity contribution is 0.0685. The zero-order valence-electron chi connectivity index (χ0n) is 40.9. The van der Waals surface area contributed by atoms with Crippen LogP contribution < -0.4 is 21.2 Å². The standard InChI is InChI=1S/C26H24ClN5O5S2.C23H17ClN6O6S2/c1-14-9-20(34)31(12-18(33)17-11-28-7-8-29-17)23(22(14)24(35)36)16-10-21(32(30-16)25(37)26(2,3)4)38-13-15-5-6-19(27)39-15;1-35-20-18(19-14(23(33)34)3-5-17(31)29(19)11-12-6-8-26-36-12)28-30(22(32)15-7-9-27-38-15)21(20)25-10-13-2-4-16(24)37-13/h5-11H,12-13H2,1-4H3,(H,35,36);2-9,25H,10-11H2,1H3,(H,33,34). The number of carbonyl (C=O) groups excluding carboxylic acids is 3. The Morgan fingerprint density at radius 3 is 2.17 bits per heavy atom. The minimum Gasteiger partial charge on any atom is -0.491 e. The molecule has 0 aliphatic carbocycles. The van der Waals surface area contributed by atoms with Gasteiger partial charge in [0.15, 0.2) is 23.0 Å². The highest BCUT2D eigenvalue weighted by atomic mass is 35.5. The number of nitrogens with one attached hydrogen (secondary N) is 1. The van der Waals surface area contributed by atoms with Gasteiger partial charge < -0.3 is 24.8 Å². The molecule has 28 heteroatoms. The molecule has 0 saturated carbocycles. The minimum atomic E-state index is -1.31. The number of nitrogens with zero attached hydrogens (tertiary/aromatic N) is 10. The quantitative estimate of drug-likeness (QED) is 0.0566. The Kier molecular flexibility index (Phi) is 16.9. The molecule has 0 radical (unpaired) electrons. The third-order valence-electron chi connectivity index (χ3n) is 11.0. The number of thioether (sulfide) groups is 1. The van der Waals surface area contributed by atoms with Crippen molar-refractivity contribution in [3.8, 4) is 28.5 Å². The molecule has 0 fully saturated rings. The number of thiophene rings is 2. The van der Waals surface area contributed by atoms with Crippen molar-refractivity contribution in [3.63, 3.8) is 0 Å². The van der Waals surface area contributed by atoms with Crippen molar-refractivity contribution in [1.82, 2.24) is 48.2 Å². The van der Waals surface area contributed by atoms with E-state index in [0.717, 1.165) is 42.7 Å². The molecule has 0 aliphatic heterocycles. The fraction of sp³-hybridized carbons (Fsp3) is 0.204. The van der Waals surface area contributed by atoms with Gasteiger partial charge in [0.1, 0.15) is 21.3 Å². The maximum atomic E-state index is 13.4. The predicted octanol–water partition coefficient (Wildman–Crippen LogP) is 9.01. The average molecular weight is 1160 g/mol. The summed E-state index contributed by atoms with van der Waals surface area (Å²) in [6, 6.07) is 15.4. The van der Waals surface area contributed by atoms with Crippen LogP contribution in [0.4, 0.5) is 5.82 Å². The molecule has 0 amide bonds. The number of aromatic carboxylic acids is 2. The fourth-order valence-corrected chi connectivity index (χ4v) is 11.2. The van der Waals surface area contributed by atoms with Gasteiger partial charge in [-0.15, -0.1) is 34.4 Å². The first-order valence-electron chi connectivity index (χ1n) is 22.5. The molecular formula is C49H41Cl2N11O11S4. The van der Waals surface area contributed by atoms with Crippen LogP contribution in [-0.4, -0.2) is 95.1 Å². The number of hydrogen-bond acceptors (Lipinski definition) is 20. The van der Waals surface area contributed by atoms with Crippen molar-refractivity contribution in [3.05, 3.63) is 164 Å². The Morgan fingerprint density at radius 1 is 0.831 bits per heavy atom. The van der Waals surface area contributed by atoms with Crippen molar-refractivity contribution in [2.24, 2.45) is 5.41 Å². The van der Waals surface area contributed by atoms with Crippen LogP contribution in [0.1, 0.15) is 87.5 Å². The van der Waals surface area contributed by atoms with Crippen molar-refractivity contribution in [1.29, 1.82) is 0 Å². The lowest BCUT2D eigenvalue weighted by atomic mass is 9.96. The van der Waals surface area contributed by atoms with Gasteiger partial charge in [0.25, 0.3) is 22.9 Å². The summed E-state index contributed by atoms with van der Waals surface area (Å²) in [5.74, 6) is -2.99. The molecule has 77 heavy (non-hydrogen) atoms. The number of carboxylic acids is 2. The number of halogens is 2. The lowest BCUT2D eigenvalue weighted by Crippen LogP contribution is -2.29. The number of anilines is 1. The number of ether oxygens (including phenoxy) is 1. The number of pyridine rings is 2. The number of carboxylic acid groups (broad SMARTS) is 2. The number of methoxy groups -OCH3 is 1. The average Bonchev–Trinajstić information content (AvgIpc) is 4.28. The highest BCUT2D eigenvalue weighted by Gasteiger charge is 2.33. The number of rotatable bonds is 17. The van der Waals surface area contributed by atoms with Crippen LogP contribution in [0.25, 0.3) is 22.8 Å². The third-order valence-corrected chi connectivity index (χ3v) is 15.4. The van der Waals surface area contributed by atoms with Crippen LogP contribution in [-0.2, 0) is 25.4 Å². The molecule has 9 rings (SSSR count). The van der Waals surface area contributed by atoms with Crippen molar-refractivity contribution in [2.75, 3.05) is 12.4 Å². The minimum absolute atomic E-state index is 0.0205. The number of aromatic nitrogens is 10. The fourth-order valence-electron chi connectivity index (χ4n) is 7.49. The Morgan fingerprint density at radius 2 is 1.57 bits per heavy atom. The molecule has 0 aliphatic rings. The molecule has 9 aromatic rings. The number of carbonyl (C=O) groups is 5. The van der Waals surface area contributed by atoms with E-state index in [9.17, 15) is 43.8 Å². The van der Waals surface area contributed by atoms with E-state index in [1.807, 2.05) is 12.1 Å². The first-order chi connectivity index (χ1) is 36.7. The summed E-state index contributed by atoms with van der Waals surface area (Å²) >= 11 is 17.2. The molecule has 0 saturated heterocycles. The van der Waals surface area contributed by atoms with Gasteiger partial charge in [0, 0.05) is 63.8 Å². The first-order valence-corrected chi connectivity index (χ1v) is 26.7. The summed E-state index contributed by atoms with van der Waals surface area (Å²) < 4.78 is 20.5. The van der Waals surface area contributed by atoms with Gasteiger partial charge in [-0.05, 0) is 60.4 Å². The summed E-state index contributed by atoms with van der Waals surface area (Å²) in [5, 5.41) is 36.3. The second kappa shape index (κ2) is 23.6. The molecule has 0 bridgehead atoms. The smallest absolute Gasteiger partial charge is 0.338 e. The van der Waals surface area contributed by atoms with Crippen LogP contribution in [0.15, 0.2) is 111 Å². The van der Waals surface area contributed by atoms with Gasteiger partial charge in [-0.2, -0.15) is 19.6 Å². The highest BCUT2D eigenvalue weighted by molar-refractivity contribution is 7.98. The van der Waals surface area contributed by atoms with E-state index < -0.39 is 46.7 Å². The summed E-state index contributed by atoms with van der Waals surface area (Å²) in [6.07, 6.45) is 6.91. The van der Waals surface area contributed by atoms with E-state index in [2.05, 4.69) is 35.0 Å². The number of ketones is 1. The molecule has 0 unspecified atom stereocenters. The number of hydrogen-bond donors (Lipinski definition) is 3. The largest absolute Gasteiger partial charge is 0.491 e. The molecule has 22 nitrogen and oxygen atoms in total. The molecule has 396 valence electrons. The molecule has 9 aromatic heterocycles. The normalized spacial score (nSPS) is 11.3. The topological polar surface area (TPSA) is 291 Å². The van der Waals surface area contributed by atoms with E-state index in [0.29, 0.717) is 25.2 Å². The Bertz CT molecular complexity index is 3800. The van der Waals surface area contributed by atoms with Crippen LogP contribution in [0, 0.1) is 12.3 Å². The maximum absolute atomic E-state index is 13.4. The van der Waals surface area contributed by atoms with E-state index in [4.69, 9.17) is 32.5 Å². The van der Waals surface area contributed by atoms with Gasteiger partial charge >= 0.3 is 11.9 Å². The van der Waals surface area contributed by atoms with E-state index in [1.54, 1.807) is 45.0 Å². The molecule has 0 aromatic carbocycles. The van der Waals surface area contributed by atoms with Gasteiger partial charge in [-0.1, -0.05) is 49.1 Å². The van der Waals surface area contributed by atoms with Gasteiger partial charge in [-0.3, -0.25) is 38.1 Å².